The highest BCUT2D eigenvalue weighted by Gasteiger charge is 2.58. The maximum Gasteiger partial charge on any atom is 0.269 e. The van der Waals surface area contributed by atoms with Crippen LogP contribution in [0.5, 0.6) is 0 Å². The first kappa shape index (κ1) is 25.0. The largest absolute Gasteiger partial charge is 0.375 e. The van der Waals surface area contributed by atoms with Crippen LogP contribution in [0, 0.1) is 17.8 Å². The molecule has 0 aromatic heterocycles. The van der Waals surface area contributed by atoms with Crippen LogP contribution in [0.25, 0.3) is 0 Å². The number of nitrogens with zero attached hydrogens (tertiary/aromatic N) is 4. The summed E-state index contributed by atoms with van der Waals surface area (Å²) in [6, 6.07) is 0.900. The monoisotopic (exact) mass is 510 g/mol. The maximum absolute atomic E-state index is 12.7. The lowest BCUT2D eigenvalue weighted by atomic mass is 9.68. The average Bonchev–Trinajstić information content (AvgIpc) is 2.82. The summed E-state index contributed by atoms with van der Waals surface area (Å²) in [7, 11) is -1.97. The molecule has 3 aliphatic heterocycles. The van der Waals surface area contributed by atoms with E-state index in [0.29, 0.717) is 42.5 Å². The first-order valence-corrected chi connectivity index (χ1v) is 15.8. The van der Waals surface area contributed by atoms with E-state index in [2.05, 4.69) is 33.6 Å². The van der Waals surface area contributed by atoms with Crippen molar-refractivity contribution in [1.29, 1.82) is 0 Å². The third-order valence-corrected chi connectivity index (χ3v) is 11.7. The van der Waals surface area contributed by atoms with Crippen LogP contribution in [0.2, 0.25) is 0 Å². The van der Waals surface area contributed by atoms with E-state index in [-0.39, 0.29) is 12.0 Å². The molecule has 1 N–H and O–H groups in total. The van der Waals surface area contributed by atoms with Crippen molar-refractivity contribution in [3.63, 3.8) is 0 Å². The number of hydrogen-bond donors (Lipinski definition) is 1. The van der Waals surface area contributed by atoms with E-state index in [0.717, 1.165) is 52.4 Å². The van der Waals surface area contributed by atoms with E-state index < -0.39 is 15.4 Å². The molecule has 6 rings (SSSR count). The normalized spacial score (nSPS) is 47.5. The lowest BCUT2D eigenvalue weighted by molar-refractivity contribution is -0.163. The third-order valence-electron chi connectivity index (χ3n) is 10.5. The Labute approximate surface area is 212 Å². The van der Waals surface area contributed by atoms with Gasteiger partial charge in [0.1, 0.15) is 5.25 Å². The highest BCUT2D eigenvalue weighted by atomic mass is 32.2. The van der Waals surface area contributed by atoms with Crippen molar-refractivity contribution in [2.45, 2.75) is 100 Å². The lowest BCUT2D eigenvalue weighted by Gasteiger charge is -2.64. The molecular weight excluding hydrogens is 464 g/mol. The SMILES string of the molecule is CCN1CN(C)CC2CC(S(=O)(=O)O)C3C(CN4CN3CC3CC(OC5CCCCC5)CCC34)C21. The van der Waals surface area contributed by atoms with Gasteiger partial charge in [-0.15, -0.1) is 0 Å². The molecule has 35 heavy (non-hydrogen) atoms. The van der Waals surface area contributed by atoms with Gasteiger partial charge in [0.05, 0.1) is 25.5 Å². The highest BCUT2D eigenvalue weighted by Crippen LogP contribution is 2.47. The summed E-state index contributed by atoms with van der Waals surface area (Å²) >= 11 is 0. The third kappa shape index (κ3) is 4.72. The predicted molar refractivity (Wildman–Crippen MR) is 136 cm³/mol. The summed E-state index contributed by atoms with van der Waals surface area (Å²) in [5.74, 6) is 1.09. The molecular formula is C26H46N4O4S. The molecule has 8 nitrogen and oxygen atoms in total. The summed E-state index contributed by atoms with van der Waals surface area (Å²) in [4.78, 5) is 10.0. The maximum atomic E-state index is 12.7. The summed E-state index contributed by atoms with van der Waals surface area (Å²) in [5, 5.41) is -0.671. The van der Waals surface area contributed by atoms with Gasteiger partial charge in [-0.2, -0.15) is 8.42 Å². The lowest BCUT2D eigenvalue weighted by Crippen LogP contribution is -2.76. The molecule has 6 fully saturated rings. The van der Waals surface area contributed by atoms with E-state index in [1.165, 1.54) is 38.5 Å². The Morgan fingerprint density at radius 1 is 0.857 bits per heavy atom. The van der Waals surface area contributed by atoms with Gasteiger partial charge < -0.3 is 4.74 Å². The van der Waals surface area contributed by atoms with Crippen LogP contribution in [-0.4, -0.2) is 115 Å². The Kier molecular flexibility index (Phi) is 6.99. The van der Waals surface area contributed by atoms with Crippen molar-refractivity contribution >= 4 is 10.1 Å². The van der Waals surface area contributed by atoms with Crippen LogP contribution >= 0.6 is 0 Å². The molecule has 9 heteroatoms. The van der Waals surface area contributed by atoms with Gasteiger partial charge >= 0.3 is 0 Å². The molecule has 3 saturated carbocycles. The predicted octanol–water partition coefficient (Wildman–Crippen LogP) is 2.32. The Hall–Kier alpha value is -0.290. The zero-order chi connectivity index (χ0) is 24.3. The van der Waals surface area contributed by atoms with Gasteiger partial charge in [0.2, 0.25) is 0 Å². The molecule has 0 aromatic rings. The number of fused-ring (bicyclic) bond motifs is 8. The van der Waals surface area contributed by atoms with Crippen LogP contribution in [-0.2, 0) is 14.9 Å². The summed E-state index contributed by atoms with van der Waals surface area (Å²) in [6.07, 6.45) is 11.2. The molecule has 3 saturated heterocycles. The van der Waals surface area contributed by atoms with Crippen molar-refractivity contribution in [2.75, 3.05) is 46.6 Å². The molecule has 0 radical (unpaired) electrons. The smallest absolute Gasteiger partial charge is 0.269 e. The molecule has 10 unspecified atom stereocenters. The fraction of sp³-hybridized carbons (Fsp3) is 1.00. The van der Waals surface area contributed by atoms with Crippen molar-refractivity contribution in [2.24, 2.45) is 17.8 Å². The molecule has 0 amide bonds. The molecule has 6 aliphatic rings. The zero-order valence-corrected chi connectivity index (χ0v) is 22.5. The fourth-order valence-corrected chi connectivity index (χ4v) is 10.4. The molecule has 0 aromatic carbocycles. The minimum Gasteiger partial charge on any atom is -0.375 e. The Morgan fingerprint density at radius 2 is 1.66 bits per heavy atom. The van der Waals surface area contributed by atoms with E-state index in [1.54, 1.807) is 0 Å². The minimum absolute atomic E-state index is 0.0828. The number of ether oxygens (including phenoxy) is 1. The van der Waals surface area contributed by atoms with Gasteiger partial charge in [-0.05, 0) is 64.0 Å². The van der Waals surface area contributed by atoms with Crippen LogP contribution in [0.4, 0.5) is 0 Å². The van der Waals surface area contributed by atoms with Gasteiger partial charge in [-0.1, -0.05) is 26.2 Å². The van der Waals surface area contributed by atoms with Crippen LogP contribution in [0.1, 0.15) is 64.7 Å². The van der Waals surface area contributed by atoms with Crippen molar-refractivity contribution in [3.8, 4) is 0 Å². The first-order chi connectivity index (χ1) is 16.8. The van der Waals surface area contributed by atoms with Crippen molar-refractivity contribution in [1.82, 2.24) is 19.6 Å². The Balaban J connectivity index is 1.23. The van der Waals surface area contributed by atoms with E-state index >= 15 is 0 Å². The first-order valence-electron chi connectivity index (χ1n) is 14.3. The molecule has 3 heterocycles. The number of rotatable bonds is 4. The molecule has 2 bridgehead atoms. The average molecular weight is 511 g/mol. The van der Waals surface area contributed by atoms with Crippen molar-refractivity contribution < 1.29 is 17.7 Å². The summed E-state index contributed by atoms with van der Waals surface area (Å²) in [5.41, 5.74) is 0. The minimum atomic E-state index is -4.11. The van der Waals surface area contributed by atoms with Crippen LogP contribution in [0.3, 0.4) is 0 Å². The standard InChI is InChI=1S/C26H46N4O4S/c1-3-28-16-27(2)13-19-12-24(35(31,32)33)26-22(25(19)28)15-29-17-30(26)14-18-11-21(9-10-23(18)29)34-20-7-5-4-6-8-20/h18-26H,3-17H2,1-2H3,(H,31,32,33). The second kappa shape index (κ2) is 9.79. The molecule has 200 valence electrons. The van der Waals surface area contributed by atoms with Crippen LogP contribution < -0.4 is 0 Å². The van der Waals surface area contributed by atoms with E-state index in [1.807, 2.05) is 0 Å². The Morgan fingerprint density at radius 3 is 2.40 bits per heavy atom. The second-order valence-corrected chi connectivity index (χ2v) is 14.3. The molecule has 10 atom stereocenters. The van der Waals surface area contributed by atoms with Gasteiger partial charge in [-0.25, -0.2) is 0 Å². The van der Waals surface area contributed by atoms with Crippen LogP contribution in [0.15, 0.2) is 0 Å². The van der Waals surface area contributed by atoms with Gasteiger partial charge in [0, 0.05) is 43.7 Å². The fourth-order valence-electron chi connectivity index (χ4n) is 9.20. The molecule has 3 aliphatic carbocycles. The number of hydrogen-bond acceptors (Lipinski definition) is 7. The summed E-state index contributed by atoms with van der Waals surface area (Å²) < 4.78 is 42.5. The molecule has 0 spiro atoms. The Bertz CT molecular complexity index is 867. The zero-order valence-electron chi connectivity index (χ0n) is 21.7. The van der Waals surface area contributed by atoms with Gasteiger partial charge in [-0.3, -0.25) is 24.2 Å². The van der Waals surface area contributed by atoms with E-state index in [9.17, 15) is 13.0 Å². The van der Waals surface area contributed by atoms with Gasteiger partial charge in [0.25, 0.3) is 10.1 Å². The summed E-state index contributed by atoms with van der Waals surface area (Å²) in [6.45, 7) is 7.84. The quantitative estimate of drug-likeness (QED) is 0.578. The van der Waals surface area contributed by atoms with E-state index in [4.69, 9.17) is 4.74 Å². The van der Waals surface area contributed by atoms with Crippen molar-refractivity contribution in [3.05, 3.63) is 0 Å². The van der Waals surface area contributed by atoms with Gasteiger partial charge in [0.15, 0.2) is 0 Å². The topological polar surface area (TPSA) is 76.6 Å². The highest BCUT2D eigenvalue weighted by molar-refractivity contribution is 7.86. The second-order valence-electron chi connectivity index (χ2n) is 12.6.